The third-order valence-electron chi connectivity index (χ3n) is 2.47. The fourth-order valence-corrected chi connectivity index (χ4v) is 1.74. The highest BCUT2D eigenvalue weighted by Gasteiger charge is 2.40. The van der Waals surface area contributed by atoms with Gasteiger partial charge in [0, 0.05) is 0 Å². The summed E-state index contributed by atoms with van der Waals surface area (Å²) in [5, 5.41) is 2.22. The third-order valence-corrected chi connectivity index (χ3v) is 2.47. The molecule has 0 saturated carbocycles. The Bertz CT molecular complexity index is 534. The van der Waals surface area contributed by atoms with E-state index in [0.717, 1.165) is 0 Å². The van der Waals surface area contributed by atoms with E-state index in [0.29, 0.717) is 11.3 Å². The second-order valence-corrected chi connectivity index (χ2v) is 3.67. The summed E-state index contributed by atoms with van der Waals surface area (Å²) in [6.45, 7) is 0. The van der Waals surface area contributed by atoms with Gasteiger partial charge in [-0.05, 0) is 12.1 Å². The van der Waals surface area contributed by atoms with Crippen molar-refractivity contribution < 1.29 is 30.3 Å². The summed E-state index contributed by atoms with van der Waals surface area (Å²) in [6.07, 6.45) is -4.48. The van der Waals surface area contributed by atoms with Crippen LogP contribution in [0.25, 0.3) is 11.3 Å². The largest absolute Gasteiger partial charge is 1.00 e. The molecule has 0 aliphatic rings. The maximum absolute atomic E-state index is 12.6. The number of benzene rings is 1. The lowest BCUT2D eigenvalue weighted by Gasteiger charge is -2.01. The number of nitrogens with two attached hydrogens (primary N) is 1. The lowest BCUT2D eigenvalue weighted by Crippen LogP contribution is -3.00. The number of aryl methyl sites for hydroxylation is 1. The molecule has 0 amide bonds. The Balaban J connectivity index is 0.00000162. The topological polar surface area (TPSA) is 45.7 Å². The summed E-state index contributed by atoms with van der Waals surface area (Å²) < 4.78 is 39.2. The standard InChI is InChI=1S/C11H10F3N3.ClH/c1-17-9(7-5-3-2-4-6-7)8(15)10(16-17)11(12,13)14;/h2-6H,15H2,1H3;1H. The lowest BCUT2D eigenvalue weighted by atomic mass is 10.1. The normalized spacial score (nSPS) is 11.1. The van der Waals surface area contributed by atoms with E-state index in [1.165, 1.54) is 11.7 Å². The summed E-state index contributed by atoms with van der Waals surface area (Å²) in [6, 6.07) is 8.69. The molecule has 1 aromatic heterocycles. The highest BCUT2D eigenvalue weighted by molar-refractivity contribution is 5.71. The number of nitrogens with zero attached hydrogens (tertiary/aromatic N) is 1. The average molecular weight is 278 g/mol. The van der Waals surface area contributed by atoms with E-state index in [-0.39, 0.29) is 18.1 Å². The zero-order valence-corrected chi connectivity index (χ0v) is 10.2. The molecule has 3 N–H and O–H groups in total. The summed E-state index contributed by atoms with van der Waals surface area (Å²) in [5.74, 6) is 0. The van der Waals surface area contributed by atoms with Crippen molar-refractivity contribution in [1.82, 2.24) is 5.10 Å². The van der Waals surface area contributed by atoms with Gasteiger partial charge in [-0.1, -0.05) is 18.2 Å². The van der Waals surface area contributed by atoms with Gasteiger partial charge in [-0.15, -0.1) is 4.68 Å². The Morgan fingerprint density at radius 2 is 1.72 bits per heavy atom. The van der Waals surface area contributed by atoms with Crippen LogP contribution in [-0.4, -0.2) is 5.10 Å². The third kappa shape index (κ3) is 2.43. The second-order valence-electron chi connectivity index (χ2n) is 3.67. The minimum atomic E-state index is -4.48. The predicted octanol–water partition coefficient (Wildman–Crippen LogP) is -0.889. The SMILES string of the molecule is C[n+]1[nH]c(C(F)(F)F)c(N)c1-c1ccccc1.[Cl-]. The highest BCUT2D eigenvalue weighted by atomic mass is 35.5. The molecule has 7 heteroatoms. The molecule has 0 saturated heterocycles. The van der Waals surface area contributed by atoms with Crippen LogP contribution in [0.15, 0.2) is 30.3 Å². The molecular weight excluding hydrogens is 267 g/mol. The van der Waals surface area contributed by atoms with Gasteiger partial charge in [-0.2, -0.15) is 18.3 Å². The van der Waals surface area contributed by atoms with Crippen LogP contribution in [0.2, 0.25) is 0 Å². The van der Waals surface area contributed by atoms with Gasteiger partial charge in [0.05, 0.1) is 5.56 Å². The number of nitrogens with one attached hydrogen (secondary N) is 1. The number of alkyl halides is 3. The number of hydrogen-bond donors (Lipinski definition) is 2. The predicted molar refractivity (Wildman–Crippen MR) is 56.8 cm³/mol. The van der Waals surface area contributed by atoms with E-state index < -0.39 is 11.9 Å². The molecule has 0 aliphatic heterocycles. The van der Waals surface area contributed by atoms with E-state index in [4.69, 9.17) is 5.73 Å². The first-order chi connectivity index (χ1) is 7.91. The minimum absolute atomic E-state index is 0. The average Bonchev–Trinajstić information content (AvgIpc) is 2.55. The molecule has 0 atom stereocenters. The molecule has 3 nitrogen and oxygen atoms in total. The molecule has 2 aromatic rings. The lowest BCUT2D eigenvalue weighted by molar-refractivity contribution is -0.717. The first-order valence-corrected chi connectivity index (χ1v) is 4.91. The van der Waals surface area contributed by atoms with Crippen LogP contribution in [0.5, 0.6) is 0 Å². The zero-order chi connectivity index (χ0) is 12.6. The van der Waals surface area contributed by atoms with E-state index in [1.54, 1.807) is 30.3 Å². The van der Waals surface area contributed by atoms with E-state index in [2.05, 4.69) is 5.10 Å². The quantitative estimate of drug-likeness (QED) is 0.653. The molecule has 1 aromatic carbocycles. The van der Waals surface area contributed by atoms with Gasteiger partial charge in [0.15, 0.2) is 7.05 Å². The smallest absolute Gasteiger partial charge is 0.438 e. The molecule has 0 radical (unpaired) electrons. The Morgan fingerprint density at radius 1 is 1.17 bits per heavy atom. The fraction of sp³-hybridized carbons (Fsp3) is 0.182. The number of aromatic amines is 1. The maximum atomic E-state index is 12.6. The number of aromatic nitrogens is 2. The van der Waals surface area contributed by atoms with E-state index in [9.17, 15) is 13.2 Å². The van der Waals surface area contributed by atoms with Crippen LogP contribution >= 0.6 is 0 Å². The molecule has 0 fully saturated rings. The molecule has 1 heterocycles. The van der Waals surface area contributed by atoms with Gasteiger partial charge in [0.1, 0.15) is 5.69 Å². The zero-order valence-electron chi connectivity index (χ0n) is 9.42. The summed E-state index contributed by atoms with van der Waals surface area (Å²) in [7, 11) is 1.49. The van der Waals surface area contributed by atoms with Crippen molar-refractivity contribution in [3.63, 3.8) is 0 Å². The fourth-order valence-electron chi connectivity index (χ4n) is 1.74. The van der Waals surface area contributed by atoms with Crippen molar-refractivity contribution in [1.29, 1.82) is 0 Å². The van der Waals surface area contributed by atoms with Gasteiger partial charge < -0.3 is 18.1 Å². The van der Waals surface area contributed by atoms with Gasteiger partial charge in [0.25, 0.3) is 5.69 Å². The summed E-state index contributed by atoms with van der Waals surface area (Å²) in [5.41, 5.74) is 5.32. The van der Waals surface area contributed by atoms with Crippen LogP contribution in [0.1, 0.15) is 5.69 Å². The number of hydrogen-bond acceptors (Lipinski definition) is 1. The summed E-state index contributed by atoms with van der Waals surface area (Å²) in [4.78, 5) is 0. The molecule has 98 valence electrons. The van der Waals surface area contributed by atoms with Gasteiger partial charge in [0.2, 0.25) is 5.69 Å². The number of nitrogen functional groups attached to an aromatic ring is 1. The van der Waals surface area contributed by atoms with Crippen molar-refractivity contribution in [3.05, 3.63) is 36.0 Å². The molecule has 0 bridgehead atoms. The van der Waals surface area contributed by atoms with E-state index in [1.807, 2.05) is 0 Å². The second kappa shape index (κ2) is 4.89. The van der Waals surface area contributed by atoms with E-state index >= 15 is 0 Å². The van der Waals surface area contributed by atoms with Crippen molar-refractivity contribution >= 4 is 5.69 Å². The Labute approximate surface area is 108 Å². The molecule has 0 unspecified atom stereocenters. The molecular formula is C11H11ClF3N3. The van der Waals surface area contributed by atoms with Crippen LogP contribution < -0.4 is 22.8 Å². The highest BCUT2D eigenvalue weighted by Crippen LogP contribution is 2.35. The Morgan fingerprint density at radius 3 is 2.17 bits per heavy atom. The summed E-state index contributed by atoms with van der Waals surface area (Å²) >= 11 is 0. The molecule has 0 aliphatic carbocycles. The van der Waals surface area contributed by atoms with Crippen LogP contribution in [0, 0.1) is 0 Å². The first-order valence-electron chi connectivity index (χ1n) is 4.91. The number of H-pyrrole nitrogens is 1. The first kappa shape index (κ1) is 14.4. The number of halogens is 4. The van der Waals surface area contributed by atoms with Gasteiger partial charge in [-0.25, -0.2) is 0 Å². The number of rotatable bonds is 1. The van der Waals surface area contributed by atoms with Crippen molar-refractivity contribution in [2.75, 3.05) is 5.73 Å². The van der Waals surface area contributed by atoms with Crippen molar-refractivity contribution in [3.8, 4) is 11.3 Å². The van der Waals surface area contributed by atoms with Gasteiger partial charge in [-0.3, -0.25) is 0 Å². The van der Waals surface area contributed by atoms with Gasteiger partial charge >= 0.3 is 6.18 Å². The molecule has 18 heavy (non-hydrogen) atoms. The van der Waals surface area contributed by atoms with Crippen LogP contribution in [-0.2, 0) is 13.2 Å². The molecule has 0 spiro atoms. The Kier molecular flexibility index (Phi) is 3.91. The molecule has 2 rings (SSSR count). The van der Waals surface area contributed by atoms with Crippen molar-refractivity contribution in [2.45, 2.75) is 6.18 Å². The van der Waals surface area contributed by atoms with Crippen LogP contribution in [0.4, 0.5) is 18.9 Å². The monoisotopic (exact) mass is 277 g/mol. The van der Waals surface area contributed by atoms with Crippen LogP contribution in [0.3, 0.4) is 0 Å². The number of anilines is 1. The Hall–Kier alpha value is -1.69. The minimum Gasteiger partial charge on any atom is -1.00 e. The van der Waals surface area contributed by atoms with Crippen molar-refractivity contribution in [2.24, 2.45) is 7.05 Å². The maximum Gasteiger partial charge on any atom is 0.438 e.